The van der Waals surface area contributed by atoms with Gasteiger partial charge in [0.05, 0.1) is 10.6 Å². The number of hydrogen-bond donors (Lipinski definition) is 1. The average molecular weight is 407 g/mol. The van der Waals surface area contributed by atoms with E-state index in [0.29, 0.717) is 23.5 Å². The maximum atomic E-state index is 13.3. The summed E-state index contributed by atoms with van der Waals surface area (Å²) in [5.41, 5.74) is 3.75. The Morgan fingerprint density at radius 1 is 0.966 bits per heavy atom. The van der Waals surface area contributed by atoms with Crippen molar-refractivity contribution in [2.45, 2.75) is 24.7 Å². The first-order chi connectivity index (χ1) is 13.9. The zero-order valence-electron chi connectivity index (χ0n) is 16.1. The Bertz CT molecular complexity index is 1170. The normalized spacial score (nSPS) is 13.6. The summed E-state index contributed by atoms with van der Waals surface area (Å²) in [7, 11) is -3.76. The van der Waals surface area contributed by atoms with E-state index >= 15 is 0 Å². The number of anilines is 2. The van der Waals surface area contributed by atoms with Crippen LogP contribution in [0, 0.1) is 6.92 Å². The maximum Gasteiger partial charge on any atom is 0.264 e. The molecule has 29 heavy (non-hydrogen) atoms. The fourth-order valence-corrected chi connectivity index (χ4v) is 5.19. The Morgan fingerprint density at radius 2 is 1.76 bits per heavy atom. The van der Waals surface area contributed by atoms with E-state index in [9.17, 15) is 13.2 Å². The predicted octanol–water partition coefficient (Wildman–Crippen LogP) is 4.39. The fourth-order valence-electron chi connectivity index (χ4n) is 3.60. The molecule has 1 amide bonds. The molecule has 0 aliphatic carbocycles. The van der Waals surface area contributed by atoms with Crippen molar-refractivity contribution in [1.29, 1.82) is 0 Å². The van der Waals surface area contributed by atoms with Crippen LogP contribution in [0.4, 0.5) is 11.4 Å². The molecule has 0 unspecified atom stereocenters. The monoisotopic (exact) mass is 406 g/mol. The second-order valence-corrected chi connectivity index (χ2v) is 9.02. The van der Waals surface area contributed by atoms with Gasteiger partial charge in [-0.05, 0) is 67.3 Å². The lowest BCUT2D eigenvalue weighted by molar-refractivity contribution is 0.102. The number of benzene rings is 3. The molecule has 5 nitrogen and oxygen atoms in total. The molecule has 1 N–H and O–H groups in total. The first-order valence-corrected chi connectivity index (χ1v) is 11.0. The number of para-hydroxylation sites is 1. The third-order valence-electron chi connectivity index (χ3n) is 5.03. The summed E-state index contributed by atoms with van der Waals surface area (Å²) in [6.45, 7) is 2.37. The van der Waals surface area contributed by atoms with Crippen molar-refractivity contribution in [3.8, 4) is 0 Å². The number of fused-ring (bicyclic) bond motifs is 1. The Labute approximate surface area is 171 Å². The van der Waals surface area contributed by atoms with Gasteiger partial charge in [-0.3, -0.25) is 9.10 Å². The molecule has 0 radical (unpaired) electrons. The molecule has 0 bridgehead atoms. The lowest BCUT2D eigenvalue weighted by atomic mass is 10.0. The standard InChI is InChI=1S/C23H22N2O3S/c1-17-7-4-11-20(15-17)24-23(26)19-9-5-12-21(16-19)29(27,28)25-14-6-10-18-8-2-3-13-22(18)25/h2-5,7-9,11-13,15-16H,6,10,14H2,1H3,(H,24,26). The third kappa shape index (κ3) is 3.89. The Kier molecular flexibility index (Phi) is 5.11. The molecule has 3 aromatic rings. The third-order valence-corrected chi connectivity index (χ3v) is 6.84. The summed E-state index contributed by atoms with van der Waals surface area (Å²) in [4.78, 5) is 12.8. The summed E-state index contributed by atoms with van der Waals surface area (Å²) in [6, 6.07) is 21.2. The van der Waals surface area contributed by atoms with Crippen LogP contribution in [-0.4, -0.2) is 20.9 Å². The number of amides is 1. The van der Waals surface area contributed by atoms with E-state index in [1.54, 1.807) is 18.2 Å². The largest absolute Gasteiger partial charge is 0.322 e. The van der Waals surface area contributed by atoms with Gasteiger partial charge in [0.1, 0.15) is 0 Å². The number of carbonyl (C=O) groups is 1. The molecule has 1 aliphatic heterocycles. The molecule has 0 saturated heterocycles. The van der Waals surface area contributed by atoms with E-state index in [-0.39, 0.29) is 10.8 Å². The zero-order valence-corrected chi connectivity index (χ0v) is 16.9. The fraction of sp³-hybridized carbons (Fsp3) is 0.174. The van der Waals surface area contributed by atoms with Crippen LogP contribution in [0.1, 0.15) is 27.9 Å². The average Bonchev–Trinajstić information content (AvgIpc) is 2.73. The van der Waals surface area contributed by atoms with E-state index < -0.39 is 10.0 Å². The topological polar surface area (TPSA) is 66.5 Å². The molecule has 0 fully saturated rings. The number of carbonyl (C=O) groups excluding carboxylic acids is 1. The minimum Gasteiger partial charge on any atom is -0.322 e. The molecule has 0 spiro atoms. The highest BCUT2D eigenvalue weighted by molar-refractivity contribution is 7.92. The molecule has 0 atom stereocenters. The number of nitrogens with one attached hydrogen (secondary N) is 1. The summed E-state index contributed by atoms with van der Waals surface area (Å²) in [5, 5.41) is 2.83. The molecule has 6 heteroatoms. The Hall–Kier alpha value is -3.12. The lowest BCUT2D eigenvalue weighted by Gasteiger charge is -2.30. The highest BCUT2D eigenvalue weighted by atomic mass is 32.2. The number of aryl methyl sites for hydroxylation is 2. The Morgan fingerprint density at radius 3 is 2.59 bits per heavy atom. The minimum atomic E-state index is -3.76. The van der Waals surface area contributed by atoms with Crippen LogP contribution in [0.3, 0.4) is 0 Å². The van der Waals surface area contributed by atoms with E-state index in [4.69, 9.17) is 0 Å². The van der Waals surface area contributed by atoms with Crippen molar-refractivity contribution >= 4 is 27.3 Å². The molecule has 1 aliphatic rings. The summed E-state index contributed by atoms with van der Waals surface area (Å²) >= 11 is 0. The van der Waals surface area contributed by atoms with Gasteiger partial charge in [0.15, 0.2) is 0 Å². The maximum absolute atomic E-state index is 13.3. The molecule has 4 rings (SSSR count). The molecular weight excluding hydrogens is 384 g/mol. The van der Waals surface area contributed by atoms with Crippen molar-refractivity contribution in [1.82, 2.24) is 0 Å². The summed E-state index contributed by atoms with van der Waals surface area (Å²) in [5.74, 6) is -0.341. The van der Waals surface area contributed by atoms with Gasteiger partial charge in [-0.15, -0.1) is 0 Å². The van der Waals surface area contributed by atoms with E-state index in [1.165, 1.54) is 16.4 Å². The first-order valence-electron chi connectivity index (χ1n) is 9.54. The van der Waals surface area contributed by atoms with Crippen LogP contribution in [0.2, 0.25) is 0 Å². The van der Waals surface area contributed by atoms with Crippen LogP contribution >= 0.6 is 0 Å². The Balaban J connectivity index is 1.64. The van der Waals surface area contributed by atoms with Crippen molar-refractivity contribution in [2.24, 2.45) is 0 Å². The van der Waals surface area contributed by atoms with Crippen LogP contribution in [0.25, 0.3) is 0 Å². The van der Waals surface area contributed by atoms with Gasteiger partial charge in [-0.1, -0.05) is 36.4 Å². The highest BCUT2D eigenvalue weighted by Crippen LogP contribution is 2.32. The van der Waals surface area contributed by atoms with Crippen LogP contribution < -0.4 is 9.62 Å². The molecule has 3 aromatic carbocycles. The van der Waals surface area contributed by atoms with Gasteiger partial charge in [0, 0.05) is 17.8 Å². The number of rotatable bonds is 4. The molecule has 0 aromatic heterocycles. The molecule has 1 heterocycles. The summed E-state index contributed by atoms with van der Waals surface area (Å²) in [6.07, 6.45) is 1.63. The van der Waals surface area contributed by atoms with Crippen molar-refractivity contribution in [2.75, 3.05) is 16.2 Å². The number of nitrogens with zero attached hydrogens (tertiary/aromatic N) is 1. The van der Waals surface area contributed by atoms with Gasteiger partial charge < -0.3 is 5.32 Å². The first kappa shape index (κ1) is 19.2. The van der Waals surface area contributed by atoms with Gasteiger partial charge in [-0.25, -0.2) is 8.42 Å². The van der Waals surface area contributed by atoms with E-state index in [2.05, 4.69) is 5.32 Å². The molecular formula is C23H22N2O3S. The van der Waals surface area contributed by atoms with Crippen molar-refractivity contribution in [3.63, 3.8) is 0 Å². The SMILES string of the molecule is Cc1cccc(NC(=O)c2cccc(S(=O)(=O)N3CCCc4ccccc43)c2)c1. The van der Waals surface area contributed by atoms with Crippen molar-refractivity contribution in [3.05, 3.63) is 89.5 Å². The smallest absolute Gasteiger partial charge is 0.264 e. The second kappa shape index (κ2) is 7.72. The number of sulfonamides is 1. The number of hydrogen-bond acceptors (Lipinski definition) is 3. The van der Waals surface area contributed by atoms with Gasteiger partial charge >= 0.3 is 0 Å². The van der Waals surface area contributed by atoms with Gasteiger partial charge in [-0.2, -0.15) is 0 Å². The van der Waals surface area contributed by atoms with Crippen LogP contribution in [0.15, 0.2) is 77.7 Å². The van der Waals surface area contributed by atoms with Crippen LogP contribution in [-0.2, 0) is 16.4 Å². The van der Waals surface area contributed by atoms with Gasteiger partial charge in [0.2, 0.25) is 0 Å². The van der Waals surface area contributed by atoms with E-state index in [1.807, 2.05) is 49.4 Å². The van der Waals surface area contributed by atoms with Gasteiger partial charge in [0.25, 0.3) is 15.9 Å². The lowest BCUT2D eigenvalue weighted by Crippen LogP contribution is -2.35. The minimum absolute atomic E-state index is 0.117. The quantitative estimate of drug-likeness (QED) is 0.699. The second-order valence-electron chi connectivity index (χ2n) is 7.16. The van der Waals surface area contributed by atoms with Crippen LogP contribution in [0.5, 0.6) is 0 Å². The predicted molar refractivity (Wildman–Crippen MR) is 115 cm³/mol. The van der Waals surface area contributed by atoms with E-state index in [0.717, 1.165) is 24.0 Å². The summed E-state index contributed by atoms with van der Waals surface area (Å²) < 4.78 is 28.1. The molecule has 0 saturated carbocycles. The zero-order chi connectivity index (χ0) is 20.4. The van der Waals surface area contributed by atoms with Crippen molar-refractivity contribution < 1.29 is 13.2 Å². The highest BCUT2D eigenvalue weighted by Gasteiger charge is 2.29. The molecule has 148 valence electrons.